The van der Waals surface area contributed by atoms with Gasteiger partial charge in [0.2, 0.25) is 0 Å². The summed E-state index contributed by atoms with van der Waals surface area (Å²) in [6, 6.07) is 11.8. The van der Waals surface area contributed by atoms with Crippen LogP contribution in [0.2, 0.25) is 0 Å². The molecule has 0 aliphatic rings. The van der Waals surface area contributed by atoms with E-state index >= 15 is 0 Å². The molecule has 5 heteroatoms. The smallest absolute Gasteiger partial charge is 0.169 e. The maximum atomic E-state index is 5.52. The van der Waals surface area contributed by atoms with Gasteiger partial charge in [-0.3, -0.25) is 0 Å². The lowest BCUT2D eigenvalue weighted by Gasteiger charge is -2.13. The minimum absolute atomic E-state index is 0.0987. The Hall–Kier alpha value is -1.46. The van der Waals surface area contributed by atoms with Gasteiger partial charge in [0, 0.05) is 12.8 Å². The highest BCUT2D eigenvalue weighted by molar-refractivity contribution is 9.10. The Balaban J connectivity index is 1.90. The highest BCUT2D eigenvalue weighted by atomic mass is 79.9. The Morgan fingerprint density at radius 3 is 2.50 bits per heavy atom. The quantitative estimate of drug-likeness (QED) is 0.766. The molecule has 0 saturated carbocycles. The number of hydrogen-bond acceptors (Lipinski definition) is 4. The standard InChI is InChI=1S/C15H18BrNO3/c1-11(14-7-8-15(16)20-14)17-12-3-5-13(6-4-12)19-10-9-18-2/h3-8,11,17H,9-10H2,1-2H3. The van der Waals surface area contributed by atoms with Crippen LogP contribution in [-0.4, -0.2) is 20.3 Å². The third kappa shape index (κ3) is 4.28. The average molecular weight is 340 g/mol. The second kappa shape index (κ2) is 7.36. The number of halogens is 1. The summed E-state index contributed by atoms with van der Waals surface area (Å²) in [4.78, 5) is 0. The Morgan fingerprint density at radius 2 is 1.90 bits per heavy atom. The summed E-state index contributed by atoms with van der Waals surface area (Å²) in [5.74, 6) is 1.72. The molecular formula is C15H18BrNO3. The monoisotopic (exact) mass is 339 g/mol. The predicted octanol–water partition coefficient (Wildman–Crippen LogP) is 4.24. The van der Waals surface area contributed by atoms with Crippen LogP contribution < -0.4 is 10.1 Å². The largest absolute Gasteiger partial charge is 0.491 e. The van der Waals surface area contributed by atoms with Crippen molar-refractivity contribution in [3.63, 3.8) is 0 Å². The molecule has 1 N–H and O–H groups in total. The van der Waals surface area contributed by atoms with Crippen LogP contribution in [0.4, 0.5) is 5.69 Å². The Bertz CT molecular complexity index is 524. The van der Waals surface area contributed by atoms with Gasteiger partial charge in [-0.05, 0) is 59.3 Å². The van der Waals surface area contributed by atoms with Gasteiger partial charge in [0.1, 0.15) is 18.1 Å². The highest BCUT2D eigenvalue weighted by Crippen LogP contribution is 2.24. The van der Waals surface area contributed by atoms with Crippen LogP contribution in [0.1, 0.15) is 18.7 Å². The fourth-order valence-corrected chi connectivity index (χ4v) is 2.09. The third-order valence-corrected chi connectivity index (χ3v) is 3.24. The van der Waals surface area contributed by atoms with Crippen LogP contribution in [-0.2, 0) is 4.74 Å². The zero-order valence-electron chi connectivity index (χ0n) is 11.6. The maximum Gasteiger partial charge on any atom is 0.169 e. The van der Waals surface area contributed by atoms with Crippen LogP contribution in [0.3, 0.4) is 0 Å². The van der Waals surface area contributed by atoms with Gasteiger partial charge in [-0.1, -0.05) is 0 Å². The molecule has 0 aliphatic heterocycles. The lowest BCUT2D eigenvalue weighted by molar-refractivity contribution is 0.146. The molecule has 0 aliphatic carbocycles. The molecule has 20 heavy (non-hydrogen) atoms. The summed E-state index contributed by atoms with van der Waals surface area (Å²) in [5.41, 5.74) is 1.02. The summed E-state index contributed by atoms with van der Waals surface area (Å²) >= 11 is 3.30. The summed E-state index contributed by atoms with van der Waals surface area (Å²) in [6.07, 6.45) is 0. The van der Waals surface area contributed by atoms with E-state index in [1.807, 2.05) is 43.3 Å². The topological polar surface area (TPSA) is 43.6 Å². The Labute approximate surface area is 127 Å². The number of benzene rings is 1. The minimum Gasteiger partial charge on any atom is -0.491 e. The van der Waals surface area contributed by atoms with Gasteiger partial charge >= 0.3 is 0 Å². The van der Waals surface area contributed by atoms with Gasteiger partial charge in [-0.25, -0.2) is 0 Å². The molecule has 0 fully saturated rings. The molecule has 0 bridgehead atoms. The zero-order chi connectivity index (χ0) is 14.4. The molecule has 2 aromatic rings. The number of anilines is 1. The van der Waals surface area contributed by atoms with Crippen molar-refractivity contribution in [3.05, 3.63) is 46.8 Å². The molecule has 1 atom stereocenters. The van der Waals surface area contributed by atoms with E-state index in [1.165, 1.54) is 0 Å². The number of rotatable bonds is 7. The molecule has 0 spiro atoms. The van der Waals surface area contributed by atoms with Crippen LogP contribution in [0.15, 0.2) is 45.5 Å². The first-order valence-electron chi connectivity index (χ1n) is 6.42. The number of hydrogen-bond donors (Lipinski definition) is 1. The van der Waals surface area contributed by atoms with Crippen LogP contribution >= 0.6 is 15.9 Å². The number of ether oxygens (including phenoxy) is 2. The zero-order valence-corrected chi connectivity index (χ0v) is 13.1. The van der Waals surface area contributed by atoms with Gasteiger partial charge in [0.15, 0.2) is 4.67 Å². The number of furan rings is 1. The van der Waals surface area contributed by atoms with Gasteiger partial charge in [-0.2, -0.15) is 0 Å². The van der Waals surface area contributed by atoms with Gasteiger partial charge in [0.05, 0.1) is 12.6 Å². The molecule has 108 valence electrons. The fraction of sp³-hybridized carbons (Fsp3) is 0.333. The molecule has 0 saturated heterocycles. The summed E-state index contributed by atoms with van der Waals surface area (Å²) in [6.45, 7) is 3.19. The normalized spacial score (nSPS) is 12.2. The van der Waals surface area contributed by atoms with Crippen molar-refractivity contribution in [3.8, 4) is 5.75 Å². The lowest BCUT2D eigenvalue weighted by Crippen LogP contribution is -2.06. The molecule has 1 heterocycles. The predicted molar refractivity (Wildman–Crippen MR) is 82.3 cm³/mol. The molecular weight excluding hydrogens is 322 g/mol. The van der Waals surface area contributed by atoms with Gasteiger partial charge < -0.3 is 19.2 Å². The van der Waals surface area contributed by atoms with E-state index in [4.69, 9.17) is 13.9 Å². The van der Waals surface area contributed by atoms with E-state index in [9.17, 15) is 0 Å². The van der Waals surface area contributed by atoms with Crippen LogP contribution in [0, 0.1) is 0 Å². The van der Waals surface area contributed by atoms with E-state index < -0.39 is 0 Å². The molecule has 1 aromatic heterocycles. The van der Waals surface area contributed by atoms with Crippen molar-refractivity contribution in [1.82, 2.24) is 0 Å². The first-order valence-corrected chi connectivity index (χ1v) is 7.22. The summed E-state index contributed by atoms with van der Waals surface area (Å²) in [7, 11) is 1.66. The van der Waals surface area contributed by atoms with Gasteiger partial charge in [0.25, 0.3) is 0 Å². The SMILES string of the molecule is COCCOc1ccc(NC(C)c2ccc(Br)o2)cc1. The van der Waals surface area contributed by atoms with Crippen molar-refractivity contribution in [1.29, 1.82) is 0 Å². The van der Waals surface area contributed by atoms with Crippen molar-refractivity contribution < 1.29 is 13.9 Å². The fourth-order valence-electron chi connectivity index (χ4n) is 1.77. The average Bonchev–Trinajstić information content (AvgIpc) is 2.88. The minimum atomic E-state index is 0.0987. The molecule has 1 aromatic carbocycles. The number of nitrogens with one attached hydrogen (secondary N) is 1. The summed E-state index contributed by atoms with van der Waals surface area (Å²) < 4.78 is 16.7. The summed E-state index contributed by atoms with van der Waals surface area (Å²) in [5, 5.41) is 3.37. The lowest BCUT2D eigenvalue weighted by atomic mass is 10.2. The molecule has 4 nitrogen and oxygen atoms in total. The first kappa shape index (κ1) is 14.9. The third-order valence-electron chi connectivity index (χ3n) is 2.81. The first-order chi connectivity index (χ1) is 9.69. The van der Waals surface area contributed by atoms with Crippen molar-refractivity contribution in [2.24, 2.45) is 0 Å². The molecule has 2 rings (SSSR count). The van der Waals surface area contributed by atoms with E-state index in [2.05, 4.69) is 21.2 Å². The molecule has 0 radical (unpaired) electrons. The number of methoxy groups -OCH3 is 1. The van der Waals surface area contributed by atoms with E-state index in [0.717, 1.165) is 21.9 Å². The van der Waals surface area contributed by atoms with Crippen molar-refractivity contribution >= 4 is 21.6 Å². The van der Waals surface area contributed by atoms with E-state index in [0.29, 0.717) is 13.2 Å². The van der Waals surface area contributed by atoms with Gasteiger partial charge in [-0.15, -0.1) is 0 Å². The van der Waals surface area contributed by atoms with E-state index in [1.54, 1.807) is 7.11 Å². The second-order valence-corrected chi connectivity index (χ2v) is 5.16. The molecule has 1 unspecified atom stereocenters. The second-order valence-electron chi connectivity index (χ2n) is 4.37. The van der Waals surface area contributed by atoms with Crippen molar-refractivity contribution in [2.45, 2.75) is 13.0 Å². The Morgan fingerprint density at radius 1 is 1.15 bits per heavy atom. The highest BCUT2D eigenvalue weighted by Gasteiger charge is 2.09. The molecule has 0 amide bonds. The van der Waals surface area contributed by atoms with Crippen molar-refractivity contribution in [2.75, 3.05) is 25.6 Å². The van der Waals surface area contributed by atoms with E-state index in [-0.39, 0.29) is 6.04 Å². The van der Waals surface area contributed by atoms with Crippen LogP contribution in [0.5, 0.6) is 5.75 Å². The van der Waals surface area contributed by atoms with Crippen LogP contribution in [0.25, 0.3) is 0 Å². The Kier molecular flexibility index (Phi) is 5.49. The maximum absolute atomic E-state index is 5.52.